The van der Waals surface area contributed by atoms with Crippen LogP contribution in [0, 0.1) is 13.8 Å². The topological polar surface area (TPSA) is 3.88 Å². The summed E-state index contributed by atoms with van der Waals surface area (Å²) in [7, 11) is 0.692. The van der Waals surface area contributed by atoms with Crippen LogP contribution in [0.3, 0.4) is 0 Å². The fourth-order valence-corrected chi connectivity index (χ4v) is 5.84. The second-order valence-electron chi connectivity index (χ2n) is 9.68. The van der Waals surface area contributed by atoms with Crippen molar-refractivity contribution in [3.05, 3.63) is 59.3 Å². The lowest BCUT2D eigenvalue weighted by molar-refractivity contribution is -0.665. The summed E-state index contributed by atoms with van der Waals surface area (Å²) < 4.78 is 11.1. The van der Waals surface area contributed by atoms with Gasteiger partial charge in [-0.2, -0.15) is 4.57 Å². The van der Waals surface area contributed by atoms with Crippen LogP contribution >= 0.6 is 0 Å². The average molecular weight is 390 g/mol. The van der Waals surface area contributed by atoms with Crippen LogP contribution in [0.5, 0.6) is 0 Å². The molecule has 4 rings (SSSR count). The molecule has 1 aliphatic rings. The molecule has 1 saturated carbocycles. The van der Waals surface area contributed by atoms with Crippen LogP contribution in [-0.4, -0.2) is 8.07 Å². The maximum Gasteiger partial charge on any atom is 0.220 e. The molecular formula is C26H34NSi+. The minimum Gasteiger partial charge on any atom is -0.198 e. The molecule has 0 radical (unpaired) electrons. The number of nitrogens with zero attached hydrogens (tertiary/aromatic N) is 1. The number of aromatic nitrogens is 1. The molecule has 0 amide bonds. The van der Waals surface area contributed by atoms with Crippen molar-refractivity contribution in [2.75, 3.05) is 0 Å². The first-order valence-electron chi connectivity index (χ1n) is 11.2. The molecule has 0 aliphatic heterocycles. The Morgan fingerprint density at radius 2 is 1.71 bits per heavy atom. The van der Waals surface area contributed by atoms with E-state index in [1.54, 1.807) is 0 Å². The van der Waals surface area contributed by atoms with Crippen molar-refractivity contribution in [2.45, 2.75) is 65.1 Å². The van der Waals surface area contributed by atoms with Gasteiger partial charge in [0.15, 0.2) is 5.69 Å². The average Bonchev–Trinajstić information content (AvgIpc) is 3.21. The van der Waals surface area contributed by atoms with Crippen molar-refractivity contribution in [2.24, 2.45) is 7.05 Å². The summed E-state index contributed by atoms with van der Waals surface area (Å²) in [5.74, 6) is 0.709. The maximum absolute atomic E-state index is 8.82. The van der Waals surface area contributed by atoms with E-state index in [4.69, 9.17) is 1.37 Å². The van der Waals surface area contributed by atoms with Crippen molar-refractivity contribution in [3.8, 4) is 11.3 Å². The van der Waals surface area contributed by atoms with Gasteiger partial charge in [0.1, 0.15) is 7.05 Å². The summed E-state index contributed by atoms with van der Waals surface area (Å²) in [6, 6.07) is 14.6. The monoisotopic (exact) mass is 389 g/mol. The van der Waals surface area contributed by atoms with Crippen LogP contribution in [-0.2, 0) is 7.05 Å². The van der Waals surface area contributed by atoms with Gasteiger partial charge in [0, 0.05) is 18.5 Å². The minimum absolute atomic E-state index is 0.663. The number of aryl methyl sites for hydroxylation is 1. The standard InChI is InChI=1S/C26H34NSi/c1-18-11-12-21(20-9-7-8-10-20)17-25(18)26-24-14-13-23(28(4,5)6)16-22(24)15-19(2)27(26)3/h11-17,20H,7-10H2,1-6H3/q+1/i15D. The lowest BCUT2D eigenvalue weighted by Crippen LogP contribution is -2.38. The van der Waals surface area contributed by atoms with Gasteiger partial charge in [-0.3, -0.25) is 0 Å². The highest BCUT2D eigenvalue weighted by atomic mass is 28.3. The molecule has 1 aliphatic carbocycles. The summed E-state index contributed by atoms with van der Waals surface area (Å²) >= 11 is 0. The van der Waals surface area contributed by atoms with Gasteiger partial charge in [-0.1, -0.05) is 61.9 Å². The highest BCUT2D eigenvalue weighted by Gasteiger charge is 2.24. The molecule has 0 saturated heterocycles. The largest absolute Gasteiger partial charge is 0.220 e. The van der Waals surface area contributed by atoms with E-state index in [0.29, 0.717) is 12.0 Å². The molecule has 146 valence electrons. The van der Waals surface area contributed by atoms with Gasteiger partial charge in [-0.15, -0.1) is 0 Å². The van der Waals surface area contributed by atoms with Crippen LogP contribution in [0.15, 0.2) is 42.4 Å². The lowest BCUT2D eigenvalue weighted by atomic mass is 9.91. The van der Waals surface area contributed by atoms with Gasteiger partial charge in [-0.05, 0) is 54.3 Å². The molecule has 0 N–H and O–H groups in total. The number of hydrogen-bond acceptors (Lipinski definition) is 0. The third kappa shape index (κ3) is 3.43. The summed E-state index contributed by atoms with van der Waals surface area (Å²) in [4.78, 5) is 0. The second kappa shape index (κ2) is 7.15. The minimum atomic E-state index is -1.43. The Morgan fingerprint density at radius 1 is 1.00 bits per heavy atom. The molecular weight excluding hydrogens is 354 g/mol. The smallest absolute Gasteiger partial charge is 0.198 e. The van der Waals surface area contributed by atoms with E-state index >= 15 is 0 Å². The Labute approximate surface area is 172 Å². The molecule has 1 aromatic heterocycles. The fraction of sp³-hybridized carbons (Fsp3) is 0.423. The van der Waals surface area contributed by atoms with Crippen molar-refractivity contribution in [1.82, 2.24) is 0 Å². The van der Waals surface area contributed by atoms with Gasteiger partial charge in [0.05, 0.1) is 14.8 Å². The van der Waals surface area contributed by atoms with E-state index in [0.717, 1.165) is 11.1 Å². The Hall–Kier alpha value is -1.93. The Morgan fingerprint density at radius 3 is 2.39 bits per heavy atom. The summed E-state index contributed by atoms with van der Waals surface area (Å²) in [6.07, 6.45) is 5.35. The normalized spacial score (nSPS) is 16.0. The number of hydrogen-bond donors (Lipinski definition) is 0. The van der Waals surface area contributed by atoms with Gasteiger partial charge >= 0.3 is 0 Å². The predicted molar refractivity (Wildman–Crippen MR) is 124 cm³/mol. The lowest BCUT2D eigenvalue weighted by Gasteiger charge is -2.18. The van der Waals surface area contributed by atoms with Crippen LogP contribution in [0.25, 0.3) is 22.0 Å². The highest BCUT2D eigenvalue weighted by molar-refractivity contribution is 6.88. The Balaban J connectivity index is 2.00. The Kier molecular flexibility index (Phi) is 4.63. The van der Waals surface area contributed by atoms with E-state index in [9.17, 15) is 0 Å². The number of pyridine rings is 1. The van der Waals surface area contributed by atoms with Gasteiger partial charge in [0.25, 0.3) is 0 Å². The zero-order valence-corrected chi connectivity index (χ0v) is 19.3. The molecule has 28 heavy (non-hydrogen) atoms. The van der Waals surface area contributed by atoms with Gasteiger partial charge in [0.2, 0.25) is 5.69 Å². The van der Waals surface area contributed by atoms with Gasteiger partial charge < -0.3 is 0 Å². The van der Waals surface area contributed by atoms with E-state index in [1.165, 1.54) is 58.6 Å². The zero-order valence-electron chi connectivity index (χ0n) is 19.3. The number of fused-ring (bicyclic) bond motifs is 1. The van der Waals surface area contributed by atoms with Crippen LogP contribution in [0.2, 0.25) is 19.6 Å². The van der Waals surface area contributed by atoms with E-state index in [2.05, 4.69) is 81.5 Å². The van der Waals surface area contributed by atoms with E-state index < -0.39 is 8.07 Å². The summed E-state index contributed by atoms with van der Waals surface area (Å²) in [5, 5.41) is 3.73. The fourth-order valence-electron chi connectivity index (χ4n) is 4.68. The number of benzene rings is 2. The summed E-state index contributed by atoms with van der Waals surface area (Å²) in [6.45, 7) is 11.4. The molecule has 1 nitrogen and oxygen atoms in total. The van der Waals surface area contributed by atoms with Crippen LogP contribution in [0.4, 0.5) is 0 Å². The molecule has 1 heterocycles. The molecule has 0 spiro atoms. The molecule has 0 unspecified atom stereocenters. The first-order chi connectivity index (χ1) is 13.7. The molecule has 0 bridgehead atoms. The Bertz CT molecular complexity index is 1090. The SMILES string of the molecule is [2H]c1c(C)[n+](C)c(-c2cc(C3CCCC3)ccc2C)c2ccc([Si](C)(C)C)cc12. The van der Waals surface area contributed by atoms with E-state index in [1.807, 2.05) is 0 Å². The summed E-state index contributed by atoms with van der Waals surface area (Å²) in [5.41, 5.74) is 6.42. The molecule has 1 fully saturated rings. The van der Waals surface area contributed by atoms with Crippen molar-refractivity contribution >= 4 is 24.0 Å². The van der Waals surface area contributed by atoms with Crippen molar-refractivity contribution in [1.29, 1.82) is 0 Å². The van der Waals surface area contributed by atoms with Crippen LogP contribution in [0.1, 0.15) is 49.8 Å². The first-order valence-corrected chi connectivity index (χ1v) is 14.2. The maximum atomic E-state index is 8.82. The zero-order chi connectivity index (χ0) is 20.9. The van der Waals surface area contributed by atoms with Crippen molar-refractivity contribution in [3.63, 3.8) is 0 Å². The third-order valence-corrected chi connectivity index (χ3v) is 8.68. The predicted octanol–water partition coefficient (Wildman–Crippen LogP) is 6.15. The van der Waals surface area contributed by atoms with Crippen molar-refractivity contribution < 1.29 is 5.94 Å². The third-order valence-electron chi connectivity index (χ3n) is 6.64. The van der Waals surface area contributed by atoms with E-state index in [-0.39, 0.29) is 0 Å². The molecule has 2 aromatic carbocycles. The molecule has 2 heteroatoms. The molecule has 3 aromatic rings. The van der Waals surface area contributed by atoms with Crippen LogP contribution < -0.4 is 9.75 Å². The molecule has 0 atom stereocenters. The van der Waals surface area contributed by atoms with Gasteiger partial charge in [-0.25, -0.2) is 0 Å². The quantitative estimate of drug-likeness (QED) is 0.373. The first kappa shape index (κ1) is 18.1. The second-order valence-corrected chi connectivity index (χ2v) is 14.8. The highest BCUT2D eigenvalue weighted by Crippen LogP contribution is 2.37. The number of rotatable bonds is 3.